The van der Waals surface area contributed by atoms with E-state index in [1.54, 1.807) is 13.0 Å². The molecule has 0 saturated carbocycles. The van der Waals surface area contributed by atoms with Gasteiger partial charge in [-0.1, -0.05) is 60.2 Å². The SMILES string of the molecule is C/C(=C\c1cccc(/C=C/Cn2cccc2C(=O)c2ccc(C)cc2)c1)C(=O)O. The van der Waals surface area contributed by atoms with Gasteiger partial charge in [-0.3, -0.25) is 4.79 Å². The highest BCUT2D eigenvalue weighted by Gasteiger charge is 2.12. The standard InChI is InChI=1S/C25H23NO3/c1-18-10-12-22(13-11-18)24(27)23-9-5-15-26(23)14-4-8-20-6-3-7-21(17-20)16-19(2)25(28)29/h3-13,15-17H,14H2,1-2H3,(H,28,29)/b8-4+,19-16+. The van der Waals surface area contributed by atoms with E-state index in [1.807, 2.05) is 90.5 Å². The quantitative estimate of drug-likeness (QED) is 0.448. The number of ketones is 1. The third-order valence-electron chi connectivity index (χ3n) is 4.62. The van der Waals surface area contributed by atoms with E-state index >= 15 is 0 Å². The Bertz CT molecular complexity index is 1090. The fraction of sp³-hybridized carbons (Fsp3) is 0.120. The summed E-state index contributed by atoms with van der Waals surface area (Å²) in [6, 6.07) is 18.9. The lowest BCUT2D eigenvalue weighted by molar-refractivity contribution is -0.132. The van der Waals surface area contributed by atoms with Gasteiger partial charge in [0.15, 0.2) is 0 Å². The first-order chi connectivity index (χ1) is 13.9. The van der Waals surface area contributed by atoms with Crippen LogP contribution in [0.1, 0.15) is 39.7 Å². The number of carboxylic acid groups (broad SMARTS) is 1. The van der Waals surface area contributed by atoms with Gasteiger partial charge < -0.3 is 9.67 Å². The van der Waals surface area contributed by atoms with Gasteiger partial charge in [0.2, 0.25) is 5.78 Å². The van der Waals surface area contributed by atoms with E-state index in [0.29, 0.717) is 17.8 Å². The zero-order chi connectivity index (χ0) is 20.8. The smallest absolute Gasteiger partial charge is 0.331 e. The lowest BCUT2D eigenvalue weighted by Gasteiger charge is -2.06. The Morgan fingerprint density at radius 1 is 1.00 bits per heavy atom. The van der Waals surface area contributed by atoms with Crippen molar-refractivity contribution in [2.75, 3.05) is 0 Å². The molecular formula is C25H23NO3. The Hall–Kier alpha value is -3.66. The number of hydrogen-bond donors (Lipinski definition) is 1. The summed E-state index contributed by atoms with van der Waals surface area (Å²) in [6.45, 7) is 4.13. The van der Waals surface area contributed by atoms with Gasteiger partial charge in [-0.05, 0) is 49.2 Å². The molecule has 2 aromatic carbocycles. The first kappa shape index (κ1) is 20.1. The molecule has 29 heavy (non-hydrogen) atoms. The lowest BCUT2D eigenvalue weighted by atomic mass is 10.1. The molecule has 3 rings (SSSR count). The highest BCUT2D eigenvalue weighted by molar-refractivity contribution is 6.08. The van der Waals surface area contributed by atoms with Crippen LogP contribution < -0.4 is 0 Å². The minimum atomic E-state index is -0.927. The second-order valence-electron chi connectivity index (χ2n) is 6.95. The Balaban J connectivity index is 1.73. The first-order valence-electron chi connectivity index (χ1n) is 9.39. The fourth-order valence-corrected chi connectivity index (χ4v) is 3.00. The summed E-state index contributed by atoms with van der Waals surface area (Å²) in [5.74, 6) is -0.927. The van der Waals surface area contributed by atoms with Crippen LogP contribution in [0.25, 0.3) is 12.2 Å². The third kappa shape index (κ3) is 5.20. The van der Waals surface area contributed by atoms with Crippen LogP contribution in [-0.2, 0) is 11.3 Å². The zero-order valence-electron chi connectivity index (χ0n) is 16.5. The minimum Gasteiger partial charge on any atom is -0.478 e. The molecule has 0 bridgehead atoms. The van der Waals surface area contributed by atoms with E-state index in [2.05, 4.69) is 0 Å². The minimum absolute atomic E-state index is 0.000296. The molecule has 0 aliphatic carbocycles. The van der Waals surface area contributed by atoms with Crippen LogP contribution in [0.2, 0.25) is 0 Å². The van der Waals surface area contributed by atoms with Crippen molar-refractivity contribution >= 4 is 23.9 Å². The molecule has 0 aliphatic rings. The molecule has 1 aromatic heterocycles. The Morgan fingerprint density at radius 3 is 2.45 bits per heavy atom. The van der Waals surface area contributed by atoms with Crippen LogP contribution in [0.15, 0.2) is 78.5 Å². The maximum absolute atomic E-state index is 12.8. The van der Waals surface area contributed by atoms with Crippen LogP contribution in [0.3, 0.4) is 0 Å². The number of hydrogen-bond acceptors (Lipinski definition) is 2. The van der Waals surface area contributed by atoms with E-state index in [0.717, 1.165) is 16.7 Å². The Labute approximate surface area is 170 Å². The average Bonchev–Trinajstić information content (AvgIpc) is 3.17. The summed E-state index contributed by atoms with van der Waals surface area (Å²) < 4.78 is 1.91. The fourth-order valence-electron chi connectivity index (χ4n) is 3.00. The normalized spacial score (nSPS) is 11.7. The van der Waals surface area contributed by atoms with Gasteiger partial charge >= 0.3 is 5.97 Å². The van der Waals surface area contributed by atoms with Crippen molar-refractivity contribution < 1.29 is 14.7 Å². The maximum atomic E-state index is 12.8. The van der Waals surface area contributed by atoms with Crippen LogP contribution in [0.5, 0.6) is 0 Å². The second kappa shape index (κ2) is 9.02. The van der Waals surface area contributed by atoms with E-state index < -0.39 is 5.97 Å². The number of carbonyl (C=O) groups is 2. The largest absolute Gasteiger partial charge is 0.478 e. The first-order valence-corrected chi connectivity index (χ1v) is 9.39. The van der Waals surface area contributed by atoms with Crippen LogP contribution in [-0.4, -0.2) is 21.4 Å². The molecule has 0 aliphatic heterocycles. The number of aryl methyl sites for hydroxylation is 1. The molecule has 0 atom stereocenters. The molecular weight excluding hydrogens is 362 g/mol. The lowest BCUT2D eigenvalue weighted by Crippen LogP contribution is -2.09. The molecule has 4 nitrogen and oxygen atoms in total. The Morgan fingerprint density at radius 2 is 1.72 bits per heavy atom. The summed E-state index contributed by atoms with van der Waals surface area (Å²) >= 11 is 0. The van der Waals surface area contributed by atoms with Gasteiger partial charge in [0, 0.05) is 23.9 Å². The predicted octanol–water partition coefficient (Wildman–Crippen LogP) is 5.23. The van der Waals surface area contributed by atoms with Crippen LogP contribution in [0.4, 0.5) is 0 Å². The van der Waals surface area contributed by atoms with Crippen molar-refractivity contribution in [3.63, 3.8) is 0 Å². The van der Waals surface area contributed by atoms with Crippen molar-refractivity contribution in [2.45, 2.75) is 20.4 Å². The number of carbonyl (C=O) groups excluding carboxylic acids is 1. The molecule has 0 saturated heterocycles. The second-order valence-corrected chi connectivity index (χ2v) is 6.95. The van der Waals surface area contributed by atoms with Gasteiger partial charge in [0.1, 0.15) is 0 Å². The summed E-state index contributed by atoms with van der Waals surface area (Å²) in [6.07, 6.45) is 7.48. The summed E-state index contributed by atoms with van der Waals surface area (Å²) in [7, 11) is 0. The summed E-state index contributed by atoms with van der Waals surface area (Å²) in [5.41, 5.74) is 4.53. The number of carboxylic acids is 1. The Kier molecular flexibility index (Phi) is 6.25. The predicted molar refractivity (Wildman–Crippen MR) is 116 cm³/mol. The number of aliphatic carboxylic acids is 1. The van der Waals surface area contributed by atoms with Gasteiger partial charge in [-0.2, -0.15) is 0 Å². The molecule has 146 valence electrons. The highest BCUT2D eigenvalue weighted by Crippen LogP contribution is 2.14. The monoisotopic (exact) mass is 385 g/mol. The van der Waals surface area contributed by atoms with Crippen molar-refractivity contribution in [3.05, 3.63) is 106 Å². The molecule has 0 amide bonds. The molecule has 0 radical (unpaired) electrons. The average molecular weight is 385 g/mol. The van der Waals surface area contributed by atoms with E-state index in [1.165, 1.54) is 0 Å². The molecule has 0 spiro atoms. The number of benzene rings is 2. The molecule has 4 heteroatoms. The maximum Gasteiger partial charge on any atom is 0.331 e. The topological polar surface area (TPSA) is 59.3 Å². The summed E-state index contributed by atoms with van der Waals surface area (Å²) in [5, 5.41) is 9.01. The van der Waals surface area contributed by atoms with Gasteiger partial charge in [0.05, 0.1) is 5.69 Å². The van der Waals surface area contributed by atoms with Gasteiger partial charge in [-0.15, -0.1) is 0 Å². The number of nitrogens with zero attached hydrogens (tertiary/aromatic N) is 1. The van der Waals surface area contributed by atoms with Crippen LogP contribution >= 0.6 is 0 Å². The van der Waals surface area contributed by atoms with Crippen molar-refractivity contribution in [1.29, 1.82) is 0 Å². The summed E-state index contributed by atoms with van der Waals surface area (Å²) in [4.78, 5) is 23.8. The van der Waals surface area contributed by atoms with Crippen molar-refractivity contribution in [2.24, 2.45) is 0 Å². The van der Waals surface area contributed by atoms with E-state index in [4.69, 9.17) is 5.11 Å². The van der Waals surface area contributed by atoms with Crippen molar-refractivity contribution in [1.82, 2.24) is 4.57 Å². The van der Waals surface area contributed by atoms with Gasteiger partial charge in [0.25, 0.3) is 0 Å². The van der Waals surface area contributed by atoms with Crippen molar-refractivity contribution in [3.8, 4) is 0 Å². The van der Waals surface area contributed by atoms with E-state index in [9.17, 15) is 9.59 Å². The molecule has 0 unspecified atom stereocenters. The highest BCUT2D eigenvalue weighted by atomic mass is 16.4. The number of aromatic nitrogens is 1. The van der Waals surface area contributed by atoms with Gasteiger partial charge in [-0.25, -0.2) is 4.79 Å². The molecule has 1 N–H and O–H groups in total. The number of rotatable bonds is 7. The third-order valence-corrected chi connectivity index (χ3v) is 4.62. The number of allylic oxidation sites excluding steroid dienone is 1. The molecule has 1 heterocycles. The zero-order valence-corrected chi connectivity index (χ0v) is 16.5. The van der Waals surface area contributed by atoms with E-state index in [-0.39, 0.29) is 11.4 Å². The molecule has 3 aromatic rings. The van der Waals surface area contributed by atoms with Crippen LogP contribution in [0, 0.1) is 6.92 Å². The molecule has 0 fully saturated rings.